The Morgan fingerprint density at radius 1 is 1.53 bits per heavy atom. The molecule has 0 spiro atoms. The highest BCUT2D eigenvalue weighted by Gasteiger charge is 2.34. The fourth-order valence-corrected chi connectivity index (χ4v) is 1.75. The molecule has 0 saturated carbocycles. The highest BCUT2D eigenvalue weighted by molar-refractivity contribution is 9.10. The molecule has 0 radical (unpaired) electrons. The minimum absolute atomic E-state index is 0.223. The molecule has 0 aliphatic rings. The monoisotopic (exact) mass is 335 g/mol. The average Bonchev–Trinajstić information content (AvgIpc) is 2.26. The normalized spacial score (nSPS) is 12.6. The van der Waals surface area contributed by atoms with Gasteiger partial charge < -0.3 is 10.4 Å². The van der Waals surface area contributed by atoms with Crippen LogP contribution in [0.2, 0.25) is 0 Å². The van der Waals surface area contributed by atoms with E-state index in [-0.39, 0.29) is 12.1 Å². The van der Waals surface area contributed by atoms with Crippen molar-refractivity contribution in [3.8, 4) is 12.3 Å². The summed E-state index contributed by atoms with van der Waals surface area (Å²) in [6.45, 7) is 0. The summed E-state index contributed by atoms with van der Waals surface area (Å²) < 4.78 is 38.7. The van der Waals surface area contributed by atoms with E-state index in [1.807, 2.05) is 0 Å². The maximum absolute atomic E-state index is 12.8. The number of carbonyl (C=O) groups is 1. The number of aliphatic carboxylic acids is 1. The van der Waals surface area contributed by atoms with Gasteiger partial charge in [-0.25, -0.2) is 4.79 Å². The molecular weight excluding hydrogens is 327 g/mol. The third-order valence-electron chi connectivity index (χ3n) is 2.24. The number of anilines is 1. The smallest absolute Gasteiger partial charge is 0.418 e. The number of nitrogens with one attached hydrogen (secondary N) is 1. The van der Waals surface area contributed by atoms with E-state index in [2.05, 4.69) is 27.2 Å². The van der Waals surface area contributed by atoms with Gasteiger partial charge in [0.25, 0.3) is 0 Å². The Hall–Kier alpha value is -1.68. The van der Waals surface area contributed by atoms with Crippen LogP contribution in [0.15, 0.2) is 22.7 Å². The summed E-state index contributed by atoms with van der Waals surface area (Å²) in [5, 5.41) is 11.2. The van der Waals surface area contributed by atoms with Crippen LogP contribution in [0.4, 0.5) is 18.9 Å². The van der Waals surface area contributed by atoms with E-state index in [9.17, 15) is 18.0 Å². The van der Waals surface area contributed by atoms with Gasteiger partial charge in [-0.2, -0.15) is 13.2 Å². The van der Waals surface area contributed by atoms with Gasteiger partial charge in [0.2, 0.25) is 0 Å². The van der Waals surface area contributed by atoms with Gasteiger partial charge in [0.1, 0.15) is 6.04 Å². The number of hydrogen-bond donors (Lipinski definition) is 2. The van der Waals surface area contributed by atoms with Gasteiger partial charge in [0.05, 0.1) is 5.56 Å². The Kier molecular flexibility index (Phi) is 4.84. The summed E-state index contributed by atoms with van der Waals surface area (Å²) in [6, 6.07) is 1.97. The number of carboxylic acids is 1. The molecule has 0 heterocycles. The molecule has 0 fully saturated rings. The van der Waals surface area contributed by atoms with Crippen LogP contribution < -0.4 is 5.32 Å². The molecule has 1 rings (SSSR count). The minimum atomic E-state index is -4.58. The van der Waals surface area contributed by atoms with Crippen molar-refractivity contribution < 1.29 is 23.1 Å². The lowest BCUT2D eigenvalue weighted by molar-refractivity contribution is -0.139. The average molecular weight is 336 g/mol. The van der Waals surface area contributed by atoms with Gasteiger partial charge in [-0.3, -0.25) is 0 Å². The zero-order valence-electron chi connectivity index (χ0n) is 9.46. The molecule has 0 aliphatic carbocycles. The van der Waals surface area contributed by atoms with Crippen molar-refractivity contribution >= 4 is 27.6 Å². The molecule has 3 nitrogen and oxygen atoms in total. The van der Waals surface area contributed by atoms with E-state index in [1.165, 1.54) is 6.07 Å². The molecule has 0 aliphatic heterocycles. The highest BCUT2D eigenvalue weighted by atomic mass is 79.9. The molecule has 1 aromatic rings. The first kappa shape index (κ1) is 15.4. The van der Waals surface area contributed by atoms with Crippen molar-refractivity contribution in [1.29, 1.82) is 0 Å². The Morgan fingerprint density at radius 2 is 2.16 bits per heavy atom. The number of hydrogen-bond acceptors (Lipinski definition) is 2. The third kappa shape index (κ3) is 4.17. The maximum Gasteiger partial charge on any atom is 0.418 e. The lowest BCUT2D eigenvalue weighted by Crippen LogP contribution is -2.29. The predicted octanol–water partition coefficient (Wildman–Crippen LogP) is 3.36. The maximum atomic E-state index is 12.8. The van der Waals surface area contributed by atoms with Crippen LogP contribution in [0.25, 0.3) is 0 Å². The van der Waals surface area contributed by atoms with E-state index in [0.29, 0.717) is 4.47 Å². The van der Waals surface area contributed by atoms with Gasteiger partial charge in [-0.15, -0.1) is 12.3 Å². The van der Waals surface area contributed by atoms with Crippen LogP contribution in [-0.2, 0) is 11.0 Å². The molecular formula is C12H9BrF3NO2. The van der Waals surface area contributed by atoms with Crippen molar-refractivity contribution in [3.63, 3.8) is 0 Å². The van der Waals surface area contributed by atoms with Gasteiger partial charge in [-0.05, 0) is 18.2 Å². The van der Waals surface area contributed by atoms with Crippen LogP contribution in [0.3, 0.4) is 0 Å². The van der Waals surface area contributed by atoms with Crippen molar-refractivity contribution in [2.45, 2.75) is 18.6 Å². The first-order valence-corrected chi connectivity index (χ1v) is 5.84. The number of halogens is 4. The largest absolute Gasteiger partial charge is 0.480 e. The second-order valence-electron chi connectivity index (χ2n) is 3.63. The van der Waals surface area contributed by atoms with Gasteiger partial charge in [0.15, 0.2) is 0 Å². The summed E-state index contributed by atoms with van der Waals surface area (Å²) in [5.74, 6) is 0.792. The molecule has 0 amide bonds. The summed E-state index contributed by atoms with van der Waals surface area (Å²) >= 11 is 3.03. The van der Waals surface area contributed by atoms with E-state index in [0.717, 1.165) is 12.1 Å². The molecule has 102 valence electrons. The summed E-state index contributed by atoms with van der Waals surface area (Å²) in [6.07, 6.45) is 0.186. The topological polar surface area (TPSA) is 49.3 Å². The van der Waals surface area contributed by atoms with Crippen LogP contribution >= 0.6 is 15.9 Å². The summed E-state index contributed by atoms with van der Waals surface area (Å²) in [5.41, 5.74) is -1.27. The fourth-order valence-electron chi connectivity index (χ4n) is 1.39. The molecule has 7 heteroatoms. The van der Waals surface area contributed by atoms with E-state index in [4.69, 9.17) is 11.5 Å². The molecule has 0 aromatic heterocycles. The van der Waals surface area contributed by atoms with Crippen molar-refractivity contribution in [3.05, 3.63) is 28.2 Å². The van der Waals surface area contributed by atoms with Gasteiger partial charge >= 0.3 is 12.1 Å². The molecule has 0 bridgehead atoms. The Bertz CT molecular complexity index is 523. The molecule has 0 saturated heterocycles. The number of rotatable bonds is 4. The predicted molar refractivity (Wildman–Crippen MR) is 67.6 cm³/mol. The van der Waals surface area contributed by atoms with Gasteiger partial charge in [0, 0.05) is 16.6 Å². The minimum Gasteiger partial charge on any atom is -0.480 e. The van der Waals surface area contributed by atoms with E-state index in [1.54, 1.807) is 0 Å². The quantitative estimate of drug-likeness (QED) is 0.829. The van der Waals surface area contributed by atoms with Crippen molar-refractivity contribution in [2.75, 3.05) is 5.32 Å². The van der Waals surface area contributed by atoms with Crippen LogP contribution in [-0.4, -0.2) is 17.1 Å². The molecule has 1 atom stereocenters. The first-order valence-electron chi connectivity index (χ1n) is 5.05. The second kappa shape index (κ2) is 5.97. The number of terminal acetylenes is 1. The standard InChI is InChI=1S/C12H9BrF3NO2/c1-2-3-9(11(18)19)17-10-6-7(13)4-5-8(10)12(14,15)16/h1,4-6,9,17H,3H2,(H,18,19). The zero-order valence-corrected chi connectivity index (χ0v) is 11.0. The van der Waals surface area contributed by atoms with Crippen molar-refractivity contribution in [1.82, 2.24) is 0 Å². The SMILES string of the molecule is C#CCC(Nc1cc(Br)ccc1C(F)(F)F)C(=O)O. The Morgan fingerprint density at radius 3 is 2.63 bits per heavy atom. The summed E-state index contributed by atoms with van der Waals surface area (Å²) in [7, 11) is 0. The second-order valence-corrected chi connectivity index (χ2v) is 4.55. The number of benzene rings is 1. The molecule has 1 unspecified atom stereocenters. The lowest BCUT2D eigenvalue weighted by Gasteiger charge is -2.18. The molecule has 2 N–H and O–H groups in total. The summed E-state index contributed by atoms with van der Waals surface area (Å²) in [4.78, 5) is 10.9. The van der Waals surface area contributed by atoms with Crippen molar-refractivity contribution in [2.24, 2.45) is 0 Å². The van der Waals surface area contributed by atoms with Crippen LogP contribution in [0.5, 0.6) is 0 Å². The zero-order chi connectivity index (χ0) is 14.6. The third-order valence-corrected chi connectivity index (χ3v) is 2.73. The lowest BCUT2D eigenvalue weighted by atomic mass is 10.1. The first-order chi connectivity index (χ1) is 8.75. The van der Waals surface area contributed by atoms with Gasteiger partial charge in [-0.1, -0.05) is 15.9 Å². The van der Waals surface area contributed by atoms with Crippen LogP contribution in [0.1, 0.15) is 12.0 Å². The highest BCUT2D eigenvalue weighted by Crippen LogP contribution is 2.36. The van der Waals surface area contributed by atoms with E-state index < -0.39 is 23.8 Å². The molecule has 19 heavy (non-hydrogen) atoms. The fraction of sp³-hybridized carbons (Fsp3) is 0.250. The number of alkyl halides is 3. The number of carboxylic acid groups (broad SMARTS) is 1. The Balaban J connectivity index is 3.15. The molecule has 1 aromatic carbocycles. The van der Waals surface area contributed by atoms with Crippen LogP contribution in [0, 0.1) is 12.3 Å². The Labute approximate surface area is 115 Å². The van der Waals surface area contributed by atoms with E-state index >= 15 is 0 Å².